The zero-order valence-corrected chi connectivity index (χ0v) is 8.31. The summed E-state index contributed by atoms with van der Waals surface area (Å²) in [7, 11) is 0. The molecule has 0 aromatic carbocycles. The van der Waals surface area contributed by atoms with Crippen molar-refractivity contribution in [2.45, 2.75) is 0 Å². The molecule has 0 fully saturated rings. The fraction of sp³-hybridized carbons (Fsp3) is 0. The average molecular weight is 416 g/mol. The first kappa shape index (κ1) is 35.3. The number of hydrogen-bond acceptors (Lipinski definition) is 0. The summed E-state index contributed by atoms with van der Waals surface area (Å²) in [5.74, 6) is 0. The van der Waals surface area contributed by atoms with E-state index in [1.165, 1.54) is 0 Å². The minimum atomic E-state index is 0. The summed E-state index contributed by atoms with van der Waals surface area (Å²) >= 11 is 0. The Morgan fingerprint density at radius 2 is 1.00 bits per heavy atom. The van der Waals surface area contributed by atoms with Crippen LogP contribution in [-0.2, 0) is 22.5 Å². The molecule has 4 heteroatoms. The van der Waals surface area contributed by atoms with Gasteiger partial charge in [-0.3, -0.25) is 0 Å². The summed E-state index contributed by atoms with van der Waals surface area (Å²) in [6, 6.07) is 0. The quantitative estimate of drug-likeness (QED) is 0.459. The Labute approximate surface area is 71.5 Å². The van der Waals surface area contributed by atoms with Crippen LogP contribution < -0.4 is 0 Å². The van der Waals surface area contributed by atoms with Gasteiger partial charge in [-0.1, -0.05) is 0 Å². The molecule has 0 saturated carbocycles. The van der Waals surface area contributed by atoms with Crippen LogP contribution in [0.1, 0.15) is 0 Å². The Morgan fingerprint density at radius 1 is 1.00 bits per heavy atom. The van der Waals surface area contributed by atoms with Crippen LogP contribution in [0, 0.1) is 0 Å². The first-order chi connectivity index (χ1) is 0. The van der Waals surface area contributed by atoms with E-state index in [2.05, 4.69) is 0 Å². The molecule has 0 N–H and O–H groups in total. The Kier molecular flexibility index (Phi) is 169. The predicted octanol–water partition coefficient (Wildman–Crippen LogP) is -0.883. The van der Waals surface area contributed by atoms with Crippen LogP contribution in [-0.4, -0.2) is 49.9 Å². The van der Waals surface area contributed by atoms with Crippen molar-refractivity contribution in [2.75, 3.05) is 0 Å². The van der Waals surface area contributed by atoms with Crippen LogP contribution in [0.3, 0.4) is 0 Å². The third-order valence-corrected chi connectivity index (χ3v) is 0. The SMILES string of the molecule is [Bi].[Cu].[O].[Te]. The molecule has 1 nitrogen and oxygen atoms in total. The molecule has 28 valence electrons. The summed E-state index contributed by atoms with van der Waals surface area (Å²) in [6.45, 7) is 0. The van der Waals surface area contributed by atoms with Crippen molar-refractivity contribution in [3.8, 4) is 0 Å². The Hall–Kier alpha value is 2.15. The Morgan fingerprint density at radius 3 is 1.00 bits per heavy atom. The molecule has 0 amide bonds. The molecule has 0 aromatic heterocycles. The molecular formula is BiCuOTe. The van der Waals surface area contributed by atoms with E-state index < -0.39 is 0 Å². The van der Waals surface area contributed by atoms with Gasteiger partial charge in [0.15, 0.2) is 0 Å². The van der Waals surface area contributed by atoms with Gasteiger partial charge < -0.3 is 0 Å². The second-order valence-electron chi connectivity index (χ2n) is 0. The zero-order chi connectivity index (χ0) is 0. The molecule has 4 heavy (non-hydrogen) atoms. The van der Waals surface area contributed by atoms with Gasteiger partial charge in [-0.15, -0.1) is 0 Å². The molecule has 0 aromatic rings. The van der Waals surface area contributed by atoms with E-state index in [0.717, 1.165) is 0 Å². The summed E-state index contributed by atoms with van der Waals surface area (Å²) in [4.78, 5) is 0. The van der Waals surface area contributed by atoms with Crippen LogP contribution in [0.15, 0.2) is 0 Å². The second-order valence-corrected chi connectivity index (χ2v) is 0. The van der Waals surface area contributed by atoms with Crippen LogP contribution in [0.25, 0.3) is 0 Å². The van der Waals surface area contributed by atoms with E-state index in [-0.39, 0.29) is 72.4 Å². The summed E-state index contributed by atoms with van der Waals surface area (Å²) < 4.78 is 0. The first-order valence-electron chi connectivity index (χ1n) is 0. The summed E-state index contributed by atoms with van der Waals surface area (Å²) in [6.07, 6.45) is 0. The fourth-order valence-electron chi connectivity index (χ4n) is 0. The molecule has 0 aliphatic heterocycles. The molecule has 0 spiro atoms. The van der Waals surface area contributed by atoms with Crippen LogP contribution in [0.5, 0.6) is 0 Å². The fourth-order valence-corrected chi connectivity index (χ4v) is 0. The van der Waals surface area contributed by atoms with E-state index >= 15 is 0 Å². The van der Waals surface area contributed by atoms with Gasteiger partial charge in [-0.25, -0.2) is 0 Å². The predicted molar refractivity (Wildman–Crippen MR) is 12.2 cm³/mol. The van der Waals surface area contributed by atoms with Gasteiger partial charge in [0.1, 0.15) is 0 Å². The summed E-state index contributed by atoms with van der Waals surface area (Å²) in [5.41, 5.74) is 0. The van der Waals surface area contributed by atoms with Gasteiger partial charge in [0, 0.05) is 72.4 Å². The molecule has 0 rings (SSSR count). The first-order valence-corrected chi connectivity index (χ1v) is 0. The van der Waals surface area contributed by atoms with Crippen molar-refractivity contribution in [2.24, 2.45) is 0 Å². The largest absolute Gasteiger partial charge is 0 e. The van der Waals surface area contributed by atoms with Gasteiger partial charge in [0.2, 0.25) is 0 Å². The second kappa shape index (κ2) is 19.2. The minimum absolute atomic E-state index is 0. The molecule has 0 unspecified atom stereocenters. The van der Waals surface area contributed by atoms with Crippen LogP contribution in [0.4, 0.5) is 0 Å². The normalized spacial score (nSPS) is 0. The van der Waals surface area contributed by atoms with Gasteiger partial charge in [0.05, 0.1) is 0 Å². The van der Waals surface area contributed by atoms with Crippen molar-refractivity contribution >= 4 is 49.9 Å². The maximum Gasteiger partial charge on any atom is 0 e. The smallest absolute Gasteiger partial charge is 0 e. The maximum atomic E-state index is 0. The topological polar surface area (TPSA) is 28.5 Å². The molecule has 0 saturated heterocycles. The van der Waals surface area contributed by atoms with Gasteiger partial charge in [-0.05, 0) is 0 Å². The van der Waals surface area contributed by atoms with Gasteiger partial charge >= 0.3 is 0 Å². The van der Waals surface area contributed by atoms with Crippen molar-refractivity contribution in [1.29, 1.82) is 0 Å². The molecular weight excluding hydrogens is 416 g/mol. The van der Waals surface area contributed by atoms with Crippen molar-refractivity contribution < 1.29 is 22.5 Å². The molecule has 8 radical (unpaired) electrons. The van der Waals surface area contributed by atoms with Gasteiger partial charge in [-0.2, -0.15) is 0 Å². The third-order valence-electron chi connectivity index (χ3n) is 0. The van der Waals surface area contributed by atoms with Crippen molar-refractivity contribution in [3.05, 3.63) is 0 Å². The monoisotopic (exact) mass is 418 g/mol. The van der Waals surface area contributed by atoms with Crippen LogP contribution in [0.2, 0.25) is 0 Å². The van der Waals surface area contributed by atoms with E-state index in [9.17, 15) is 0 Å². The maximum absolute atomic E-state index is 0. The zero-order valence-electron chi connectivity index (χ0n) is 1.57. The third kappa shape index (κ3) is 8.91. The Balaban J connectivity index is 0. The molecule has 0 aliphatic rings. The van der Waals surface area contributed by atoms with Crippen molar-refractivity contribution in [1.82, 2.24) is 0 Å². The molecule has 0 aliphatic carbocycles. The van der Waals surface area contributed by atoms with E-state index in [1.54, 1.807) is 0 Å². The molecule has 0 bridgehead atoms. The van der Waals surface area contributed by atoms with E-state index in [4.69, 9.17) is 0 Å². The number of rotatable bonds is 0. The Bertz CT molecular complexity index is 8.00. The van der Waals surface area contributed by atoms with Gasteiger partial charge in [0.25, 0.3) is 0 Å². The average Bonchev–Trinajstić information content (AvgIpc) is 0. The van der Waals surface area contributed by atoms with E-state index in [0.29, 0.717) is 0 Å². The molecule has 0 atom stereocenters. The van der Waals surface area contributed by atoms with E-state index in [1.807, 2.05) is 0 Å². The number of hydrogen-bond donors (Lipinski definition) is 0. The van der Waals surface area contributed by atoms with Crippen LogP contribution >= 0.6 is 0 Å². The van der Waals surface area contributed by atoms with Crippen molar-refractivity contribution in [3.63, 3.8) is 0 Å². The summed E-state index contributed by atoms with van der Waals surface area (Å²) in [5, 5.41) is 0. The standard InChI is InChI=1S/Bi.Cu.O.Te. The minimum Gasteiger partial charge on any atom is 0 e. The molecule has 0 heterocycles.